The minimum absolute atomic E-state index is 0.0136. The molecule has 0 atom stereocenters. The van der Waals surface area contributed by atoms with Crippen molar-refractivity contribution in [2.45, 2.75) is 20.4 Å². The molecule has 0 unspecified atom stereocenters. The highest BCUT2D eigenvalue weighted by Crippen LogP contribution is 2.26. The molecule has 2 amide bonds. The van der Waals surface area contributed by atoms with E-state index in [2.05, 4.69) is 39.8 Å². The number of benzene rings is 3. The maximum Gasteiger partial charge on any atom is 0.255 e. The van der Waals surface area contributed by atoms with E-state index in [0.29, 0.717) is 31.7 Å². The molecule has 218 valence electrons. The minimum atomic E-state index is -0.0136. The summed E-state index contributed by atoms with van der Waals surface area (Å²) in [7, 11) is 3.54. The molecule has 5 rings (SSSR count). The first-order valence-electron chi connectivity index (χ1n) is 14.7. The van der Waals surface area contributed by atoms with Gasteiger partial charge in [-0.3, -0.25) is 14.5 Å². The van der Waals surface area contributed by atoms with Crippen LogP contribution in [0.25, 0.3) is 0 Å². The molecule has 2 heterocycles. The van der Waals surface area contributed by atoms with Gasteiger partial charge in [0.05, 0.1) is 16.8 Å². The summed E-state index contributed by atoms with van der Waals surface area (Å²) in [5.74, 6) is 0.0595. The molecule has 3 aromatic carbocycles. The fraction of sp³-hybridized carbons (Fsp3) is 0.382. The van der Waals surface area contributed by atoms with Crippen LogP contribution in [0.1, 0.15) is 43.0 Å². The van der Waals surface area contributed by atoms with Gasteiger partial charge in [0.25, 0.3) is 11.8 Å². The summed E-state index contributed by atoms with van der Waals surface area (Å²) in [6.07, 6.45) is 0. The Labute approximate surface area is 249 Å². The summed E-state index contributed by atoms with van der Waals surface area (Å²) < 4.78 is 0. The van der Waals surface area contributed by atoms with Crippen LogP contribution in [0.5, 0.6) is 0 Å². The number of amides is 2. The van der Waals surface area contributed by atoms with Crippen molar-refractivity contribution < 1.29 is 9.59 Å². The number of carbonyl (C=O) groups excluding carboxylic acids is 2. The van der Waals surface area contributed by atoms with Crippen molar-refractivity contribution in [1.29, 1.82) is 5.26 Å². The molecule has 0 aliphatic carbocycles. The summed E-state index contributed by atoms with van der Waals surface area (Å²) in [4.78, 5) is 37.0. The van der Waals surface area contributed by atoms with E-state index in [4.69, 9.17) is 0 Å². The van der Waals surface area contributed by atoms with Crippen molar-refractivity contribution in [1.82, 2.24) is 14.7 Å². The lowest BCUT2D eigenvalue weighted by molar-refractivity contribution is 0.0743. The quantitative estimate of drug-likeness (QED) is 0.448. The summed E-state index contributed by atoms with van der Waals surface area (Å²) in [5.41, 5.74) is 7.50. The lowest BCUT2D eigenvalue weighted by Gasteiger charge is -2.37. The maximum atomic E-state index is 13.7. The van der Waals surface area contributed by atoms with E-state index in [-0.39, 0.29) is 11.8 Å². The third kappa shape index (κ3) is 6.12. The van der Waals surface area contributed by atoms with Gasteiger partial charge in [0.15, 0.2) is 0 Å². The Morgan fingerprint density at radius 2 is 1.36 bits per heavy atom. The first-order valence-corrected chi connectivity index (χ1v) is 14.7. The molecule has 0 radical (unpaired) electrons. The second-order valence-corrected chi connectivity index (χ2v) is 11.5. The van der Waals surface area contributed by atoms with Crippen LogP contribution in [0.3, 0.4) is 0 Å². The van der Waals surface area contributed by atoms with Gasteiger partial charge in [-0.1, -0.05) is 30.3 Å². The van der Waals surface area contributed by atoms with E-state index in [1.807, 2.05) is 60.4 Å². The van der Waals surface area contributed by atoms with E-state index < -0.39 is 0 Å². The SMILES string of the molecule is Cc1cc(C)c(C(=O)N2CCN(c3ccccc3C(=O)N(C)C)CC2)cc1CN1CCN(c2ccccc2C#N)CC1. The molecule has 0 aromatic heterocycles. The molecule has 2 fully saturated rings. The molecular weight excluding hydrogens is 524 g/mol. The molecule has 0 N–H and O–H groups in total. The predicted molar refractivity (Wildman–Crippen MR) is 167 cm³/mol. The molecule has 2 saturated heterocycles. The van der Waals surface area contributed by atoms with Gasteiger partial charge in [-0.15, -0.1) is 0 Å². The predicted octanol–water partition coefficient (Wildman–Crippen LogP) is 4.16. The number of nitriles is 1. The summed E-state index contributed by atoms with van der Waals surface area (Å²) in [5, 5.41) is 9.49. The Morgan fingerprint density at radius 3 is 2.02 bits per heavy atom. The fourth-order valence-electron chi connectivity index (χ4n) is 6.02. The Morgan fingerprint density at radius 1 is 0.762 bits per heavy atom. The zero-order chi connectivity index (χ0) is 29.8. The average Bonchev–Trinajstić information content (AvgIpc) is 3.02. The molecule has 42 heavy (non-hydrogen) atoms. The molecule has 3 aromatic rings. The van der Waals surface area contributed by atoms with Crippen LogP contribution < -0.4 is 9.80 Å². The first-order chi connectivity index (χ1) is 20.3. The number of piperazine rings is 2. The molecule has 2 aliphatic heterocycles. The van der Waals surface area contributed by atoms with E-state index in [0.717, 1.165) is 60.8 Å². The number of carbonyl (C=O) groups is 2. The standard InChI is InChI=1S/C34H40N6O2/c1-25-21-26(2)30(22-28(25)24-37-13-15-38(16-14-37)31-11-7-5-9-27(31)23-35)34(42)40-19-17-39(18-20-40)32-12-8-6-10-29(32)33(41)36(3)4/h5-12,21-22H,13-20,24H2,1-4H3. The van der Waals surface area contributed by atoms with Crippen LogP contribution in [0.2, 0.25) is 0 Å². The maximum absolute atomic E-state index is 13.7. The number of nitrogens with zero attached hydrogens (tertiary/aromatic N) is 6. The number of anilines is 2. The molecular formula is C34H40N6O2. The molecule has 0 saturated carbocycles. The normalized spacial score (nSPS) is 15.8. The third-order valence-electron chi connectivity index (χ3n) is 8.49. The molecule has 8 nitrogen and oxygen atoms in total. The second-order valence-electron chi connectivity index (χ2n) is 11.5. The van der Waals surface area contributed by atoms with Crippen LogP contribution in [-0.4, -0.2) is 93.0 Å². The summed E-state index contributed by atoms with van der Waals surface area (Å²) in [6.45, 7) is 11.1. The number of hydrogen-bond acceptors (Lipinski definition) is 6. The van der Waals surface area contributed by atoms with Crippen LogP contribution in [-0.2, 0) is 6.54 Å². The van der Waals surface area contributed by atoms with E-state index in [1.165, 1.54) is 11.1 Å². The van der Waals surface area contributed by atoms with Crippen LogP contribution in [0.15, 0.2) is 60.7 Å². The summed E-state index contributed by atoms with van der Waals surface area (Å²) >= 11 is 0. The second kappa shape index (κ2) is 12.7. The largest absolute Gasteiger partial charge is 0.368 e. The van der Waals surface area contributed by atoms with Gasteiger partial charge >= 0.3 is 0 Å². The number of rotatable bonds is 6. The highest BCUT2D eigenvalue weighted by atomic mass is 16.2. The number of hydrogen-bond donors (Lipinski definition) is 0. The monoisotopic (exact) mass is 564 g/mol. The Hall–Kier alpha value is -4.35. The minimum Gasteiger partial charge on any atom is -0.368 e. The van der Waals surface area contributed by atoms with Gasteiger partial charge in [0.1, 0.15) is 6.07 Å². The van der Waals surface area contributed by atoms with Crippen LogP contribution in [0, 0.1) is 25.2 Å². The zero-order valence-electron chi connectivity index (χ0n) is 25.1. The van der Waals surface area contributed by atoms with Crippen molar-refractivity contribution in [3.05, 3.63) is 94.0 Å². The van der Waals surface area contributed by atoms with Crippen molar-refractivity contribution in [3.8, 4) is 6.07 Å². The van der Waals surface area contributed by atoms with Gasteiger partial charge in [-0.2, -0.15) is 5.26 Å². The highest BCUT2D eigenvalue weighted by molar-refractivity contribution is 6.00. The Balaban J connectivity index is 1.23. The van der Waals surface area contributed by atoms with Gasteiger partial charge in [0.2, 0.25) is 0 Å². The zero-order valence-corrected chi connectivity index (χ0v) is 25.1. The first kappa shape index (κ1) is 29.2. The van der Waals surface area contributed by atoms with Gasteiger partial charge < -0.3 is 19.6 Å². The van der Waals surface area contributed by atoms with E-state index >= 15 is 0 Å². The van der Waals surface area contributed by atoms with Crippen molar-refractivity contribution in [2.24, 2.45) is 0 Å². The van der Waals surface area contributed by atoms with Crippen LogP contribution in [0.4, 0.5) is 11.4 Å². The lowest BCUT2D eigenvalue weighted by Crippen LogP contribution is -2.49. The number of para-hydroxylation sites is 2. The molecule has 0 spiro atoms. The van der Waals surface area contributed by atoms with Gasteiger partial charge in [0, 0.05) is 84.2 Å². The third-order valence-corrected chi connectivity index (χ3v) is 8.49. The van der Waals surface area contributed by atoms with E-state index in [1.54, 1.807) is 19.0 Å². The lowest BCUT2D eigenvalue weighted by atomic mass is 9.98. The molecule has 2 aliphatic rings. The van der Waals surface area contributed by atoms with Gasteiger partial charge in [-0.05, 0) is 60.9 Å². The van der Waals surface area contributed by atoms with Gasteiger partial charge in [-0.25, -0.2) is 0 Å². The van der Waals surface area contributed by atoms with Crippen LogP contribution >= 0.6 is 0 Å². The van der Waals surface area contributed by atoms with Crippen molar-refractivity contribution >= 4 is 23.2 Å². The van der Waals surface area contributed by atoms with E-state index in [9.17, 15) is 14.9 Å². The smallest absolute Gasteiger partial charge is 0.255 e. The average molecular weight is 565 g/mol. The Bertz CT molecular complexity index is 1490. The molecule has 0 bridgehead atoms. The molecule has 8 heteroatoms. The fourth-order valence-corrected chi connectivity index (χ4v) is 6.02. The highest BCUT2D eigenvalue weighted by Gasteiger charge is 2.27. The van der Waals surface area contributed by atoms with Crippen molar-refractivity contribution in [2.75, 3.05) is 76.3 Å². The Kier molecular flexibility index (Phi) is 8.79. The summed E-state index contributed by atoms with van der Waals surface area (Å²) in [6, 6.07) is 22.1. The number of aryl methyl sites for hydroxylation is 2. The topological polar surface area (TPSA) is 74.1 Å². The van der Waals surface area contributed by atoms with Crippen molar-refractivity contribution in [3.63, 3.8) is 0 Å².